The first-order chi connectivity index (χ1) is 11.2. The van der Waals surface area contributed by atoms with Gasteiger partial charge >= 0.3 is 31.1 Å². The molecule has 1 fully saturated rings. The minimum atomic E-state index is -0.0374. The van der Waals surface area contributed by atoms with E-state index in [0.717, 1.165) is 13.0 Å². The van der Waals surface area contributed by atoms with Crippen molar-refractivity contribution in [3.8, 4) is 5.75 Å². The van der Waals surface area contributed by atoms with Crippen LogP contribution in [0.4, 0.5) is 5.69 Å². The van der Waals surface area contributed by atoms with Gasteiger partial charge in [-0.1, -0.05) is 32.9 Å². The number of para-hydroxylation sites is 2. The van der Waals surface area contributed by atoms with Gasteiger partial charge in [-0.2, -0.15) is 13.3 Å². The van der Waals surface area contributed by atoms with Crippen LogP contribution in [0.5, 0.6) is 5.75 Å². The van der Waals surface area contributed by atoms with Crippen LogP contribution >= 0.6 is 0 Å². The van der Waals surface area contributed by atoms with E-state index in [-0.39, 0.29) is 42.9 Å². The van der Waals surface area contributed by atoms with Gasteiger partial charge in [0, 0.05) is 6.54 Å². The fourth-order valence-corrected chi connectivity index (χ4v) is 1.61. The van der Waals surface area contributed by atoms with Gasteiger partial charge in [0.25, 0.3) is 0 Å². The Labute approximate surface area is 170 Å². The van der Waals surface area contributed by atoms with Crippen molar-refractivity contribution in [3.63, 3.8) is 0 Å². The Morgan fingerprint density at radius 2 is 1.88 bits per heavy atom. The van der Waals surface area contributed by atoms with E-state index in [9.17, 15) is 4.79 Å². The summed E-state index contributed by atoms with van der Waals surface area (Å²) in [6, 6.07) is 7.30. The number of rotatable bonds is 4. The fourth-order valence-electron chi connectivity index (χ4n) is 1.61. The molecule has 0 aliphatic carbocycles. The maximum Gasteiger partial charge on any atom is 2.00 e. The van der Waals surface area contributed by atoms with Gasteiger partial charge in [0.05, 0.1) is 18.2 Å². The van der Waals surface area contributed by atoms with E-state index in [1.807, 2.05) is 32.0 Å². The van der Waals surface area contributed by atoms with E-state index < -0.39 is 0 Å². The molecule has 3 N–H and O–H groups in total. The molecule has 1 aromatic carbocycles. The van der Waals surface area contributed by atoms with Crippen molar-refractivity contribution in [2.24, 2.45) is 5.92 Å². The molecule has 0 spiro atoms. The molecule has 0 saturated carbocycles. The summed E-state index contributed by atoms with van der Waals surface area (Å²) in [5.41, 5.74) is 6.32. The average Bonchev–Trinajstić information content (AvgIpc) is 3.03. The second-order valence-corrected chi connectivity index (χ2v) is 4.12. The van der Waals surface area contributed by atoms with Gasteiger partial charge in [0.2, 0.25) is 5.91 Å². The normalized spacial score (nSPS) is 14.0. The third-order valence-corrected chi connectivity index (χ3v) is 2.67. The van der Waals surface area contributed by atoms with E-state index in [1.54, 1.807) is 26.2 Å². The first-order valence-electron chi connectivity index (χ1n) is 7.99. The number of amides is 1. The number of ether oxygens (including phenoxy) is 1. The van der Waals surface area contributed by atoms with Gasteiger partial charge in [-0.3, -0.25) is 11.1 Å². The predicted octanol–water partition coefficient (Wildman–Crippen LogP) is 3.16. The molecule has 2 rings (SSSR count). The van der Waals surface area contributed by atoms with Gasteiger partial charge in [-0.05, 0) is 18.6 Å². The van der Waals surface area contributed by atoms with Gasteiger partial charge in [-0.25, -0.2) is 0 Å². The molecule has 1 aromatic rings. The number of carbonyl (C=O) groups excluding carboxylic acids is 2. The summed E-state index contributed by atoms with van der Waals surface area (Å²) in [5.74, 6) is 0.686. The molecule has 1 atom stereocenters. The third kappa shape index (κ3) is 12.4. The summed E-state index contributed by atoms with van der Waals surface area (Å²) in [6.07, 6.45) is 3.03. The van der Waals surface area contributed by atoms with Crippen LogP contribution < -0.4 is 15.8 Å². The van der Waals surface area contributed by atoms with Crippen LogP contribution in [0, 0.1) is 44.0 Å². The molecule has 1 saturated heterocycles. The van der Waals surface area contributed by atoms with Crippen LogP contribution in [0.2, 0.25) is 0 Å². The van der Waals surface area contributed by atoms with Crippen molar-refractivity contribution in [1.82, 2.24) is 5.32 Å². The molecule has 0 aromatic heterocycles. The molecule has 24 heavy (non-hydrogen) atoms. The first kappa shape index (κ1) is 27.8. The molecule has 5 nitrogen and oxygen atoms in total. The van der Waals surface area contributed by atoms with Crippen molar-refractivity contribution >= 4 is 17.9 Å². The van der Waals surface area contributed by atoms with Crippen LogP contribution in [-0.4, -0.2) is 25.3 Å². The largest absolute Gasteiger partial charge is 2.00 e. The zero-order valence-electron chi connectivity index (χ0n) is 15.2. The second-order valence-electron chi connectivity index (χ2n) is 4.12. The Bertz CT molecular complexity index is 428. The number of nitrogen functional groups attached to an aromatic ring is 1. The van der Waals surface area contributed by atoms with E-state index in [4.69, 9.17) is 15.3 Å². The number of hydrogen-bond acceptors (Lipinski definition) is 4. The van der Waals surface area contributed by atoms with Gasteiger partial charge < -0.3 is 27.5 Å². The zero-order chi connectivity index (χ0) is 18.1. The van der Waals surface area contributed by atoms with E-state index in [1.165, 1.54) is 0 Å². The summed E-state index contributed by atoms with van der Waals surface area (Å²) in [4.78, 5) is 20.3. The third-order valence-electron chi connectivity index (χ3n) is 2.67. The maximum absolute atomic E-state index is 11.3. The van der Waals surface area contributed by atoms with Gasteiger partial charge in [0.1, 0.15) is 5.75 Å². The van der Waals surface area contributed by atoms with Crippen LogP contribution in [0.3, 0.4) is 0 Å². The number of carbonyl (C=O) groups is 1. The van der Waals surface area contributed by atoms with Crippen LogP contribution in [0.1, 0.15) is 40.5 Å². The second kappa shape index (κ2) is 20.1. The summed E-state index contributed by atoms with van der Waals surface area (Å²) < 4.78 is 5.51. The Morgan fingerprint density at radius 3 is 2.29 bits per heavy atom. The Kier molecular flexibility index (Phi) is 23.3. The number of hydrogen-bond donors (Lipinski definition) is 2. The summed E-state index contributed by atoms with van der Waals surface area (Å²) in [7, 11) is 0. The summed E-state index contributed by atoms with van der Waals surface area (Å²) in [6.45, 7) is 11.9. The van der Waals surface area contributed by atoms with Crippen molar-refractivity contribution in [1.29, 1.82) is 0 Å². The Morgan fingerprint density at radius 1 is 1.33 bits per heavy atom. The number of nitrogens with two attached hydrogens (primary N) is 1. The topological polar surface area (TPSA) is 81.4 Å². The predicted molar refractivity (Wildman–Crippen MR) is 95.8 cm³/mol. The molecule has 134 valence electrons. The maximum atomic E-state index is 11.3. The zero-order valence-corrected chi connectivity index (χ0v) is 19.4. The Hall–Kier alpha value is -0.988. The number of anilines is 1. The quantitative estimate of drug-likeness (QED) is 0.438. The minimum absolute atomic E-state index is 0. The van der Waals surface area contributed by atoms with Crippen molar-refractivity contribution in [2.45, 2.75) is 40.5 Å². The SMILES string of the molecule is CC.CC[C-]=O.Nc1ccccc1OCC1CCNC1=O.[CH2-]C.[U+2]. The molecule has 1 heterocycles. The van der Waals surface area contributed by atoms with E-state index in [2.05, 4.69) is 12.2 Å². The first-order valence-corrected chi connectivity index (χ1v) is 7.99. The summed E-state index contributed by atoms with van der Waals surface area (Å²) in [5, 5.41) is 2.77. The number of nitrogens with one attached hydrogen (secondary N) is 1. The molecule has 1 aliphatic heterocycles. The molecular weight excluding hydrogens is 530 g/mol. The molecule has 6 heteroatoms. The molecule has 0 radical (unpaired) electrons. The van der Waals surface area contributed by atoms with Crippen molar-refractivity contribution in [3.05, 3.63) is 31.2 Å². The van der Waals surface area contributed by atoms with E-state index in [0.29, 0.717) is 24.5 Å². The van der Waals surface area contributed by atoms with Crippen molar-refractivity contribution < 1.29 is 45.4 Å². The smallest absolute Gasteiger partial charge is 0.542 e. The standard InChI is InChI=1S/C11H14N2O2.C3H5O.C2H6.C2H5.U/c12-9-3-1-2-4-10(9)15-7-8-5-6-13-11(8)14;1-2-3-4;2*1-2;/h1-4,8H,5-7,12H2,(H,13,14);2H2,1H3;1-2H3;1H2,2H3;/q;-1;;-1;+2. The summed E-state index contributed by atoms with van der Waals surface area (Å²) >= 11 is 0. The fraction of sp³-hybridized carbons (Fsp3) is 0.500. The molecular formula is C18H30N2O3U. The van der Waals surface area contributed by atoms with Crippen molar-refractivity contribution in [2.75, 3.05) is 18.9 Å². The van der Waals surface area contributed by atoms with Crippen LogP contribution in [-0.2, 0) is 9.59 Å². The Balaban J connectivity index is -0.000000424. The van der Waals surface area contributed by atoms with Gasteiger partial charge in [0.15, 0.2) is 0 Å². The average molecular weight is 560 g/mol. The van der Waals surface area contributed by atoms with Crippen LogP contribution in [0.15, 0.2) is 24.3 Å². The van der Waals surface area contributed by atoms with Gasteiger partial charge in [-0.15, -0.1) is 0 Å². The molecule has 1 unspecified atom stereocenters. The molecule has 1 amide bonds. The van der Waals surface area contributed by atoms with Crippen LogP contribution in [0.25, 0.3) is 0 Å². The minimum Gasteiger partial charge on any atom is -0.542 e. The molecule has 0 bridgehead atoms. The monoisotopic (exact) mass is 560 g/mol. The number of benzene rings is 1. The van der Waals surface area contributed by atoms with E-state index >= 15 is 0 Å². The molecule has 1 aliphatic rings.